The summed E-state index contributed by atoms with van der Waals surface area (Å²) in [6, 6.07) is 10.4. The fourth-order valence-corrected chi connectivity index (χ4v) is 4.61. The van der Waals surface area contributed by atoms with Crippen molar-refractivity contribution in [2.45, 2.75) is 25.7 Å². The van der Waals surface area contributed by atoms with Gasteiger partial charge in [-0.15, -0.1) is 0 Å². The predicted octanol–water partition coefficient (Wildman–Crippen LogP) is 3.64. The lowest BCUT2D eigenvalue weighted by Crippen LogP contribution is -2.12. The summed E-state index contributed by atoms with van der Waals surface area (Å²) in [6.07, 6.45) is 1.52. The quantitative estimate of drug-likeness (QED) is 0.363. The Hall–Kier alpha value is -3.33. The van der Waals surface area contributed by atoms with E-state index in [0.29, 0.717) is 16.5 Å². The average Bonchev–Trinajstić information content (AvgIpc) is 3.18. The largest absolute Gasteiger partial charge is 0.462 e. The number of ether oxygens (including phenoxy) is 1. The maximum Gasteiger partial charge on any atom is 0.344 e. The number of hydrogen-bond acceptors (Lipinski definition) is 7. The number of esters is 1. The first-order chi connectivity index (χ1) is 13.8. The molecule has 0 saturated carbocycles. The average molecular weight is 414 g/mol. The minimum Gasteiger partial charge on any atom is -0.462 e. The van der Waals surface area contributed by atoms with E-state index >= 15 is 0 Å². The summed E-state index contributed by atoms with van der Waals surface area (Å²) in [6.45, 7) is 5.02. The predicted molar refractivity (Wildman–Crippen MR) is 105 cm³/mol. The molecule has 0 aliphatic rings. The third kappa shape index (κ3) is 3.13. The molecule has 0 atom stereocenters. The van der Waals surface area contributed by atoms with Gasteiger partial charge in [0.15, 0.2) is 16.4 Å². The van der Waals surface area contributed by atoms with E-state index in [-0.39, 0.29) is 28.7 Å². The molecule has 0 radical (unpaired) electrons. The Morgan fingerprint density at radius 2 is 1.90 bits per heavy atom. The van der Waals surface area contributed by atoms with Gasteiger partial charge in [0.1, 0.15) is 5.69 Å². The number of hydrogen-bond donors (Lipinski definition) is 0. The highest BCUT2D eigenvalue weighted by Crippen LogP contribution is 2.31. The Balaban J connectivity index is 1.85. The number of aryl methyl sites for hydroxylation is 2. The van der Waals surface area contributed by atoms with E-state index < -0.39 is 16.1 Å². The SMILES string of the molecule is CCOC(=O)c1c2ccccc2n2cc(OS(=O)(=O)c3c(C)noc3C)ccc12. The van der Waals surface area contributed by atoms with Gasteiger partial charge in [0.05, 0.1) is 29.4 Å². The van der Waals surface area contributed by atoms with Crippen LogP contribution < -0.4 is 4.18 Å². The number of carbonyl (C=O) groups excluding carboxylic acids is 1. The first-order valence-electron chi connectivity index (χ1n) is 8.90. The van der Waals surface area contributed by atoms with Crippen molar-refractivity contribution in [3.8, 4) is 5.75 Å². The Bertz CT molecular complexity index is 1330. The van der Waals surface area contributed by atoms with Gasteiger partial charge in [-0.1, -0.05) is 23.4 Å². The summed E-state index contributed by atoms with van der Waals surface area (Å²) in [5, 5.41) is 4.37. The molecule has 150 valence electrons. The van der Waals surface area contributed by atoms with Crippen LogP contribution in [0.2, 0.25) is 0 Å². The summed E-state index contributed by atoms with van der Waals surface area (Å²) < 4.78 is 42.5. The molecule has 0 spiro atoms. The normalized spacial score (nSPS) is 11.8. The summed E-state index contributed by atoms with van der Waals surface area (Å²) in [5.74, 6) is -0.198. The van der Waals surface area contributed by atoms with Gasteiger partial charge in [-0.25, -0.2) is 4.79 Å². The number of carbonyl (C=O) groups is 1. The van der Waals surface area contributed by atoms with Crippen LogP contribution in [0.3, 0.4) is 0 Å². The van der Waals surface area contributed by atoms with Crippen molar-refractivity contribution in [3.63, 3.8) is 0 Å². The van der Waals surface area contributed by atoms with Gasteiger partial charge in [0.25, 0.3) is 0 Å². The standard InChI is InChI=1S/C20H18N2O6S/c1-4-26-20(23)18-15-7-5-6-8-16(15)22-11-14(9-10-17(18)22)28-29(24,25)19-12(2)21-27-13(19)3/h5-11H,4H2,1-3H3. The van der Waals surface area contributed by atoms with Gasteiger partial charge >= 0.3 is 16.1 Å². The van der Waals surface area contributed by atoms with Gasteiger partial charge < -0.3 is 17.8 Å². The number of rotatable bonds is 5. The van der Waals surface area contributed by atoms with Crippen LogP contribution in [0.1, 0.15) is 28.7 Å². The molecule has 3 aromatic heterocycles. The zero-order valence-electron chi connectivity index (χ0n) is 16.0. The van der Waals surface area contributed by atoms with E-state index in [2.05, 4.69) is 5.16 Å². The molecule has 29 heavy (non-hydrogen) atoms. The second-order valence-corrected chi connectivity index (χ2v) is 7.91. The third-order valence-electron chi connectivity index (χ3n) is 4.51. The van der Waals surface area contributed by atoms with Gasteiger partial charge in [-0.05, 0) is 39.0 Å². The maximum atomic E-state index is 12.7. The molecule has 0 aliphatic heterocycles. The summed E-state index contributed by atoms with van der Waals surface area (Å²) in [4.78, 5) is 12.4. The number of pyridine rings is 1. The second kappa shape index (κ2) is 6.93. The van der Waals surface area contributed by atoms with Crippen LogP contribution >= 0.6 is 0 Å². The zero-order chi connectivity index (χ0) is 20.8. The molecule has 8 nitrogen and oxygen atoms in total. The summed E-state index contributed by atoms with van der Waals surface area (Å²) >= 11 is 0. The Morgan fingerprint density at radius 1 is 1.14 bits per heavy atom. The topological polar surface area (TPSA) is 100 Å². The molecule has 0 amide bonds. The number of fused-ring (bicyclic) bond motifs is 3. The van der Waals surface area contributed by atoms with Crippen LogP contribution in [0.25, 0.3) is 16.4 Å². The van der Waals surface area contributed by atoms with E-state index in [0.717, 1.165) is 5.52 Å². The van der Waals surface area contributed by atoms with Gasteiger partial charge in [-0.2, -0.15) is 8.42 Å². The lowest BCUT2D eigenvalue weighted by atomic mass is 10.1. The Kier molecular flexibility index (Phi) is 4.54. The smallest absolute Gasteiger partial charge is 0.344 e. The van der Waals surface area contributed by atoms with Crippen molar-refractivity contribution in [1.29, 1.82) is 0 Å². The van der Waals surface area contributed by atoms with Crippen LogP contribution in [0, 0.1) is 13.8 Å². The van der Waals surface area contributed by atoms with E-state index in [1.54, 1.807) is 17.4 Å². The van der Waals surface area contributed by atoms with Gasteiger partial charge in [0, 0.05) is 5.39 Å². The van der Waals surface area contributed by atoms with Crippen molar-refractivity contribution in [2.75, 3.05) is 6.61 Å². The fourth-order valence-electron chi connectivity index (χ4n) is 3.38. The molecule has 0 saturated heterocycles. The van der Waals surface area contributed by atoms with Crippen molar-refractivity contribution >= 4 is 32.5 Å². The lowest BCUT2D eigenvalue weighted by Gasteiger charge is -2.08. The number of benzene rings is 1. The third-order valence-corrected chi connectivity index (χ3v) is 6.01. The molecule has 9 heteroatoms. The van der Waals surface area contributed by atoms with Crippen LogP contribution in [0.5, 0.6) is 5.75 Å². The van der Waals surface area contributed by atoms with E-state index in [1.165, 1.54) is 26.1 Å². The van der Waals surface area contributed by atoms with Crippen LogP contribution in [0.4, 0.5) is 0 Å². The highest BCUT2D eigenvalue weighted by atomic mass is 32.2. The molecular weight excluding hydrogens is 396 g/mol. The monoisotopic (exact) mass is 414 g/mol. The highest BCUT2D eigenvalue weighted by Gasteiger charge is 2.27. The Labute approximate surface area is 166 Å². The molecular formula is C20H18N2O6S. The minimum atomic E-state index is -4.13. The molecule has 3 heterocycles. The molecule has 0 aliphatic carbocycles. The van der Waals surface area contributed by atoms with Crippen LogP contribution in [-0.2, 0) is 14.9 Å². The Morgan fingerprint density at radius 3 is 2.59 bits per heavy atom. The van der Waals surface area contributed by atoms with E-state index in [1.807, 2.05) is 24.3 Å². The van der Waals surface area contributed by atoms with Crippen molar-refractivity contribution in [2.24, 2.45) is 0 Å². The first kappa shape index (κ1) is 19.0. The van der Waals surface area contributed by atoms with Crippen LogP contribution in [-0.4, -0.2) is 30.6 Å². The fraction of sp³-hybridized carbons (Fsp3) is 0.200. The number of aromatic nitrogens is 2. The van der Waals surface area contributed by atoms with Crippen molar-refractivity contribution in [3.05, 3.63) is 59.6 Å². The van der Waals surface area contributed by atoms with E-state index in [4.69, 9.17) is 13.4 Å². The van der Waals surface area contributed by atoms with E-state index in [9.17, 15) is 13.2 Å². The molecule has 0 bridgehead atoms. The molecule has 1 aromatic carbocycles. The van der Waals surface area contributed by atoms with Gasteiger partial charge in [0.2, 0.25) is 0 Å². The molecule has 4 aromatic rings. The highest BCUT2D eigenvalue weighted by molar-refractivity contribution is 7.87. The summed E-state index contributed by atoms with van der Waals surface area (Å²) in [5.41, 5.74) is 1.96. The van der Waals surface area contributed by atoms with Gasteiger partial charge in [-0.3, -0.25) is 0 Å². The molecule has 0 fully saturated rings. The molecule has 4 rings (SSSR count). The number of para-hydroxylation sites is 1. The zero-order valence-corrected chi connectivity index (χ0v) is 16.8. The molecule has 0 N–H and O–H groups in total. The number of nitrogens with zero attached hydrogens (tertiary/aromatic N) is 2. The lowest BCUT2D eigenvalue weighted by molar-refractivity contribution is 0.0531. The minimum absolute atomic E-state index is 0.0914. The van der Waals surface area contributed by atoms with Crippen molar-refractivity contribution < 1.29 is 26.7 Å². The second-order valence-electron chi connectivity index (χ2n) is 6.42. The summed E-state index contributed by atoms with van der Waals surface area (Å²) in [7, 11) is -4.13. The van der Waals surface area contributed by atoms with Crippen molar-refractivity contribution in [1.82, 2.24) is 9.56 Å². The molecule has 0 unspecified atom stereocenters. The first-order valence-corrected chi connectivity index (χ1v) is 10.3. The maximum absolute atomic E-state index is 12.7. The van der Waals surface area contributed by atoms with Crippen LogP contribution in [0.15, 0.2) is 52.0 Å².